The fourth-order valence-corrected chi connectivity index (χ4v) is 4.27. The molecule has 0 saturated carbocycles. The molecule has 0 aliphatic rings. The van der Waals surface area contributed by atoms with Crippen molar-refractivity contribution in [3.05, 3.63) is 133 Å². The van der Waals surface area contributed by atoms with Gasteiger partial charge in [-0.3, -0.25) is 0 Å². The molecule has 0 radical (unpaired) electrons. The summed E-state index contributed by atoms with van der Waals surface area (Å²) in [6.07, 6.45) is 16.4. The van der Waals surface area contributed by atoms with Gasteiger partial charge >= 0.3 is 39.0 Å². The molecule has 0 atom stereocenters. The Morgan fingerprint density at radius 2 is 0.796 bits per heavy atom. The summed E-state index contributed by atoms with van der Waals surface area (Å²) in [6.45, 7) is 0. The van der Waals surface area contributed by atoms with Gasteiger partial charge in [-0.2, -0.15) is 0 Å². The summed E-state index contributed by atoms with van der Waals surface area (Å²) in [7, 11) is 0. The van der Waals surface area contributed by atoms with Crippen molar-refractivity contribution >= 4 is 23.9 Å². The van der Waals surface area contributed by atoms with Crippen molar-refractivity contribution in [2.24, 2.45) is 0 Å². The first-order chi connectivity index (χ1) is 22.1. The number of carbonyl (C=O) groups excluding carboxylic acids is 4. The van der Waals surface area contributed by atoms with Gasteiger partial charge in [0.15, 0.2) is 0 Å². The molecule has 6 rings (SSSR count). The molecule has 0 spiro atoms. The Kier molecular flexibility index (Phi) is 13.9. The van der Waals surface area contributed by atoms with Crippen molar-refractivity contribution in [2.75, 3.05) is 0 Å². The quantitative estimate of drug-likeness (QED) is 0.150. The van der Waals surface area contributed by atoms with Crippen LogP contribution < -0.4 is 25.2 Å². The van der Waals surface area contributed by atoms with Crippen molar-refractivity contribution in [2.45, 2.75) is 0 Å². The summed E-state index contributed by atoms with van der Waals surface area (Å²) >= 11 is 0. The average Bonchev–Trinajstić information content (AvgIpc) is 3.85. The van der Waals surface area contributed by atoms with E-state index in [0.717, 1.165) is 53.5 Å². The summed E-state index contributed by atoms with van der Waals surface area (Å²) in [4.78, 5) is 56.0. The largest absolute Gasteiger partial charge is 2.00 e. The first-order valence-electron chi connectivity index (χ1n) is 13.0. The van der Waals surface area contributed by atoms with Gasteiger partial charge in [0.25, 0.3) is 0 Å². The monoisotopic (exact) mass is 764 g/mol. The Bertz CT molecular complexity index is 1850. The zero-order valence-electron chi connectivity index (χ0n) is 25.2. The fraction of sp³-hybridized carbons (Fsp3) is 0. The van der Waals surface area contributed by atoms with E-state index in [4.69, 9.17) is 4.74 Å². The van der Waals surface area contributed by atoms with E-state index in [1.165, 1.54) is 0 Å². The van der Waals surface area contributed by atoms with Crippen LogP contribution in [0, 0.1) is 0 Å². The molecule has 0 bridgehead atoms. The summed E-state index contributed by atoms with van der Waals surface area (Å²) in [5.74, 6) is -7.35. The maximum absolute atomic E-state index is 11.0. The SMILES string of the molecule is O.O=C([O-])c1ccc(Oc2ccc(C(=O)[O-])c(C(=O)[O-])c2)cc1C(=O)[O-].[Zn+2].[Zn+2].c1cn(-c2cc(-n3ccnc3)cc(-n3ccnc3)c2)cn1. The third-order valence-corrected chi connectivity index (χ3v) is 6.39. The number of nitrogens with zero attached hydrogens (tertiary/aromatic N) is 6. The molecule has 0 saturated heterocycles. The molecule has 49 heavy (non-hydrogen) atoms. The number of ether oxygens (including phenoxy) is 1. The van der Waals surface area contributed by atoms with Crippen LogP contribution in [-0.4, -0.2) is 58.0 Å². The molecule has 18 heteroatoms. The second-order valence-corrected chi connectivity index (χ2v) is 9.28. The van der Waals surface area contributed by atoms with Gasteiger partial charge in [0, 0.05) is 59.4 Å². The topological polar surface area (TPSA) is 255 Å². The molecule has 0 fully saturated rings. The first kappa shape index (κ1) is 39.4. The standard InChI is InChI=1S/C16H10O9.C15H12N6.H2O.2Zn/c17-13(18)9-3-1-7(5-11(9)15(21)22)25-8-2-4-10(14(19)20)12(6-8)16(23)24;1-4-19(10-16-1)13-7-14(20-5-2-17-11-20)9-15(8-13)21-6-3-18-12-21;;;/h1-6H,(H,17,18)(H,19,20)(H,21,22)(H,23,24);1-12H;1H2;;/q;;;2*+2/p-4. The number of aromatic nitrogens is 6. The number of rotatable bonds is 9. The minimum atomic E-state index is -1.78. The Morgan fingerprint density at radius 3 is 1.04 bits per heavy atom. The number of aromatic carboxylic acids is 4. The van der Waals surface area contributed by atoms with E-state index >= 15 is 0 Å². The molecule has 16 nitrogen and oxygen atoms in total. The normalized spacial score (nSPS) is 9.80. The molecule has 3 aromatic carbocycles. The number of carboxylic acids is 4. The van der Waals surface area contributed by atoms with Crippen molar-refractivity contribution in [1.82, 2.24) is 28.7 Å². The van der Waals surface area contributed by atoms with E-state index in [1.54, 1.807) is 37.6 Å². The fourth-order valence-electron chi connectivity index (χ4n) is 4.27. The van der Waals surface area contributed by atoms with Crippen LogP contribution in [0.3, 0.4) is 0 Å². The van der Waals surface area contributed by atoms with Crippen LogP contribution in [0.25, 0.3) is 17.1 Å². The van der Waals surface area contributed by atoms with Crippen LogP contribution in [0.5, 0.6) is 11.5 Å². The zero-order valence-corrected chi connectivity index (χ0v) is 31.1. The second kappa shape index (κ2) is 17.4. The van der Waals surface area contributed by atoms with Crippen molar-refractivity contribution in [1.29, 1.82) is 0 Å². The molecule has 0 amide bonds. The Labute approximate surface area is 301 Å². The van der Waals surface area contributed by atoms with E-state index in [9.17, 15) is 39.6 Å². The van der Waals surface area contributed by atoms with Gasteiger partial charge in [0.1, 0.15) is 11.5 Å². The van der Waals surface area contributed by atoms with Crippen molar-refractivity contribution in [3.63, 3.8) is 0 Å². The number of carboxylic acid groups (broad SMARTS) is 4. The van der Waals surface area contributed by atoms with Crippen LogP contribution in [0.2, 0.25) is 0 Å². The van der Waals surface area contributed by atoms with Crippen molar-refractivity contribution in [3.8, 4) is 28.6 Å². The number of benzene rings is 3. The van der Waals surface area contributed by atoms with Crippen LogP contribution in [0.4, 0.5) is 0 Å². The number of imidazole rings is 3. The predicted octanol–water partition coefficient (Wildman–Crippen LogP) is -1.65. The van der Waals surface area contributed by atoms with Crippen LogP contribution >= 0.6 is 0 Å². The number of carbonyl (C=O) groups is 4. The minimum absolute atomic E-state index is 0. The molecule has 3 heterocycles. The molecule has 3 aromatic heterocycles. The maximum Gasteiger partial charge on any atom is 2.00 e. The Morgan fingerprint density at radius 1 is 0.490 bits per heavy atom. The second-order valence-electron chi connectivity index (χ2n) is 9.28. The molecular formula is C31H20N6O10Zn2. The van der Waals surface area contributed by atoms with E-state index in [-0.39, 0.29) is 55.9 Å². The summed E-state index contributed by atoms with van der Waals surface area (Å²) in [6, 6.07) is 12.0. The molecule has 0 aliphatic carbocycles. The Balaban J connectivity index is 0.000000323. The maximum atomic E-state index is 11.0. The van der Waals surface area contributed by atoms with Gasteiger partial charge in [0.05, 0.1) is 59.9 Å². The smallest absolute Gasteiger partial charge is 0.545 e. The van der Waals surface area contributed by atoms with Gasteiger partial charge < -0.3 is 63.5 Å². The molecule has 6 aromatic rings. The van der Waals surface area contributed by atoms with Gasteiger partial charge in [-0.05, 0) is 54.6 Å². The van der Waals surface area contributed by atoms with E-state index < -0.39 is 46.1 Å². The number of hydrogen-bond donors (Lipinski definition) is 0. The van der Waals surface area contributed by atoms with Gasteiger partial charge in [-0.25, -0.2) is 15.0 Å². The van der Waals surface area contributed by atoms with Crippen LogP contribution in [0.1, 0.15) is 41.4 Å². The minimum Gasteiger partial charge on any atom is -0.545 e. The van der Waals surface area contributed by atoms with E-state index in [0.29, 0.717) is 0 Å². The number of hydrogen-bond acceptors (Lipinski definition) is 12. The molecule has 0 aliphatic heterocycles. The molecule has 238 valence electrons. The zero-order chi connectivity index (χ0) is 32.8. The van der Waals surface area contributed by atoms with Crippen LogP contribution in [0.15, 0.2) is 111 Å². The average molecular weight is 767 g/mol. The summed E-state index contributed by atoms with van der Waals surface area (Å²) < 4.78 is 11.1. The molecule has 2 N–H and O–H groups in total. The van der Waals surface area contributed by atoms with Gasteiger partial charge in [-0.1, -0.05) is 0 Å². The third-order valence-electron chi connectivity index (χ3n) is 6.39. The molecular weight excluding hydrogens is 747 g/mol. The van der Waals surface area contributed by atoms with Crippen LogP contribution in [-0.2, 0) is 39.0 Å². The van der Waals surface area contributed by atoms with E-state index in [1.807, 2.05) is 32.3 Å². The Hall–Kier alpha value is -5.82. The van der Waals surface area contributed by atoms with E-state index in [2.05, 4.69) is 33.2 Å². The first-order valence-corrected chi connectivity index (χ1v) is 13.0. The predicted molar refractivity (Wildman–Crippen MR) is 152 cm³/mol. The third kappa shape index (κ3) is 9.38. The summed E-state index contributed by atoms with van der Waals surface area (Å²) in [5.41, 5.74) is 0.422. The van der Waals surface area contributed by atoms with Gasteiger partial charge in [-0.15, -0.1) is 0 Å². The molecule has 0 unspecified atom stereocenters. The van der Waals surface area contributed by atoms with Gasteiger partial charge in [0.2, 0.25) is 0 Å². The van der Waals surface area contributed by atoms with Crippen molar-refractivity contribution < 1.29 is 88.8 Å². The summed E-state index contributed by atoms with van der Waals surface area (Å²) in [5, 5.41) is 43.6.